The molecule has 0 aromatic rings. The molecule has 0 fully saturated rings. The minimum absolute atomic E-state index is 0. The Kier molecular flexibility index (Phi) is 10.9. The summed E-state index contributed by atoms with van der Waals surface area (Å²) >= 11 is 8.69. The van der Waals surface area contributed by atoms with Gasteiger partial charge in [-0.25, -0.2) is 0 Å². The molecule has 1 unspecified atom stereocenters. The quantitative estimate of drug-likeness (QED) is 0.230. The van der Waals surface area contributed by atoms with Crippen LogP contribution in [-0.2, 0) is 28.6 Å². The molecule has 0 aliphatic rings. The van der Waals surface area contributed by atoms with Crippen molar-refractivity contribution in [3.63, 3.8) is 0 Å². The first-order valence-electron chi connectivity index (χ1n) is 2.73. The summed E-state index contributed by atoms with van der Waals surface area (Å²) < 4.78 is 4.65. The van der Waals surface area contributed by atoms with Gasteiger partial charge in [0.05, 0.1) is 0 Å². The van der Waals surface area contributed by atoms with E-state index in [-0.39, 0.29) is 29.6 Å². The van der Waals surface area contributed by atoms with E-state index in [1.165, 1.54) is 0 Å². The minimum atomic E-state index is -3.03. The summed E-state index contributed by atoms with van der Waals surface area (Å²) in [7, 11) is 0. The fourth-order valence-electron chi connectivity index (χ4n) is 0.321. The van der Waals surface area contributed by atoms with Crippen molar-refractivity contribution in [3.8, 4) is 0 Å². The number of hydrogen-bond donors (Lipinski definition) is 0. The van der Waals surface area contributed by atoms with Gasteiger partial charge in [-0.3, -0.25) is 0 Å². The molecule has 0 N–H and O–H groups in total. The zero-order chi connectivity index (χ0) is 7.33. The van der Waals surface area contributed by atoms with Gasteiger partial charge in [-0.1, -0.05) is 13.3 Å². The Bertz CT molecular complexity index is 116. The van der Waals surface area contributed by atoms with Gasteiger partial charge in [0.15, 0.2) is 0 Å². The van der Waals surface area contributed by atoms with Crippen molar-refractivity contribution in [3.05, 3.63) is 0 Å². The molecule has 0 aliphatic carbocycles. The van der Waals surface area contributed by atoms with Crippen molar-refractivity contribution < 1.29 is 39.0 Å². The Morgan fingerprint density at radius 1 is 1.70 bits per heavy atom. The molecule has 0 radical (unpaired) electrons. The van der Waals surface area contributed by atoms with Gasteiger partial charge in [-0.2, -0.15) is 0 Å². The summed E-state index contributed by atoms with van der Waals surface area (Å²) in [5, 5.41) is 0. The van der Waals surface area contributed by atoms with E-state index in [0.29, 0.717) is 6.61 Å². The number of hydrogen-bond acceptors (Lipinski definition) is 4. The molecule has 2 nitrogen and oxygen atoms in total. The largest absolute Gasteiger partial charge is 1.00 e. The molecule has 0 heterocycles. The average Bonchev–Trinajstić information content (AvgIpc) is 1.63. The second kappa shape index (κ2) is 7.56. The first-order chi connectivity index (χ1) is 4.06. The molecule has 0 saturated carbocycles. The van der Waals surface area contributed by atoms with E-state index >= 15 is 0 Å². The van der Waals surface area contributed by atoms with Crippen molar-refractivity contribution in [2.45, 2.75) is 19.8 Å². The molecule has 0 aromatic carbocycles. The van der Waals surface area contributed by atoms with Crippen LogP contribution in [-0.4, -0.2) is 6.61 Å². The van der Waals surface area contributed by atoms with Crippen LogP contribution in [0.1, 0.15) is 19.8 Å². The van der Waals surface area contributed by atoms with Gasteiger partial charge in [-0.05, 0) is 6.42 Å². The second-order valence-corrected chi connectivity index (χ2v) is 6.36. The van der Waals surface area contributed by atoms with Gasteiger partial charge in [-0.15, -0.1) is 17.5 Å². The van der Waals surface area contributed by atoms with E-state index in [1.54, 1.807) is 0 Å². The SMILES string of the molecule is CCCCOP([O-])(=S)[S-].[Na+]. The Balaban J connectivity index is 0. The topological polar surface area (TPSA) is 32.3 Å². The summed E-state index contributed by atoms with van der Waals surface area (Å²) in [6.45, 7) is 2.45. The first-order valence-corrected chi connectivity index (χ1v) is 6.38. The molecule has 0 aliphatic heterocycles. The summed E-state index contributed by atoms with van der Waals surface area (Å²) in [6, 6.07) is 0. The van der Waals surface area contributed by atoms with Gasteiger partial charge in [0, 0.05) is 6.61 Å². The molecular weight excluding hydrogens is 198 g/mol. The molecule has 0 aromatic heterocycles. The van der Waals surface area contributed by atoms with Crippen LogP contribution in [0.15, 0.2) is 0 Å². The molecule has 0 spiro atoms. The van der Waals surface area contributed by atoms with Gasteiger partial charge >= 0.3 is 29.6 Å². The van der Waals surface area contributed by atoms with E-state index in [4.69, 9.17) is 0 Å². The molecule has 0 amide bonds. The minimum Gasteiger partial charge on any atom is -0.819 e. The Labute approximate surface area is 94.4 Å². The summed E-state index contributed by atoms with van der Waals surface area (Å²) in [4.78, 5) is 10.5. The van der Waals surface area contributed by atoms with Crippen LogP contribution in [0.3, 0.4) is 0 Å². The van der Waals surface area contributed by atoms with E-state index in [2.05, 4.69) is 28.6 Å². The van der Waals surface area contributed by atoms with Crippen LogP contribution in [0.2, 0.25) is 0 Å². The molecule has 1 atom stereocenters. The summed E-state index contributed by atoms with van der Waals surface area (Å²) in [5.41, 5.74) is -3.03. The number of unbranched alkanes of at least 4 members (excludes halogenated alkanes) is 1. The predicted molar refractivity (Wildman–Crippen MR) is 42.5 cm³/mol. The predicted octanol–water partition coefficient (Wildman–Crippen LogP) is -2.06. The maximum Gasteiger partial charge on any atom is 1.00 e. The molecular formula is C4H9NaO2PS2-. The molecule has 56 valence electrons. The van der Waals surface area contributed by atoms with E-state index in [1.807, 2.05) is 6.92 Å². The monoisotopic (exact) mass is 207 g/mol. The van der Waals surface area contributed by atoms with Gasteiger partial charge in [0.2, 0.25) is 0 Å². The van der Waals surface area contributed by atoms with Crippen LogP contribution < -0.4 is 34.5 Å². The maximum atomic E-state index is 10.5. The average molecular weight is 207 g/mol. The van der Waals surface area contributed by atoms with Crippen LogP contribution >= 0.6 is 5.69 Å². The van der Waals surface area contributed by atoms with Crippen molar-refractivity contribution in [2.75, 3.05) is 6.61 Å². The smallest absolute Gasteiger partial charge is 0.819 e. The third-order valence-corrected chi connectivity index (χ3v) is 1.88. The van der Waals surface area contributed by atoms with Crippen molar-refractivity contribution in [1.82, 2.24) is 0 Å². The van der Waals surface area contributed by atoms with Crippen LogP contribution in [0, 0.1) is 0 Å². The standard InChI is InChI=1S/C4H11O2PS2.Na/c1-2-3-4-6-7(5,8)9;/h2-4H2,1H3,(H2,5,8,9);/q;+1/p-2. The van der Waals surface area contributed by atoms with Crippen LogP contribution in [0.25, 0.3) is 0 Å². The zero-order valence-electron chi connectivity index (χ0n) is 6.20. The van der Waals surface area contributed by atoms with Crippen molar-refractivity contribution in [2.24, 2.45) is 0 Å². The second-order valence-electron chi connectivity index (χ2n) is 1.63. The number of rotatable bonds is 4. The summed E-state index contributed by atoms with van der Waals surface area (Å²) in [6.07, 6.45) is 1.88. The fraction of sp³-hybridized carbons (Fsp3) is 1.00. The molecule has 6 heteroatoms. The Morgan fingerprint density at radius 3 is 2.50 bits per heavy atom. The molecule has 10 heavy (non-hydrogen) atoms. The maximum absolute atomic E-state index is 10.5. The normalized spacial score (nSPS) is 15.5. The first kappa shape index (κ1) is 14.4. The van der Waals surface area contributed by atoms with Crippen LogP contribution in [0.5, 0.6) is 0 Å². The fourth-order valence-corrected chi connectivity index (χ4v) is 1.12. The van der Waals surface area contributed by atoms with Crippen molar-refractivity contribution in [1.29, 1.82) is 0 Å². The van der Waals surface area contributed by atoms with E-state index in [0.717, 1.165) is 12.8 Å². The molecule has 0 rings (SSSR count). The van der Waals surface area contributed by atoms with E-state index in [9.17, 15) is 4.89 Å². The van der Waals surface area contributed by atoms with Crippen LogP contribution in [0.4, 0.5) is 0 Å². The van der Waals surface area contributed by atoms with Gasteiger partial charge in [0.1, 0.15) is 0 Å². The van der Waals surface area contributed by atoms with Gasteiger partial charge < -0.3 is 21.7 Å². The zero-order valence-corrected chi connectivity index (χ0v) is 10.7. The molecule has 0 bridgehead atoms. The Hall–Kier alpha value is 1.92. The van der Waals surface area contributed by atoms with E-state index < -0.39 is 5.69 Å². The third-order valence-electron chi connectivity index (χ3n) is 0.747. The molecule has 0 saturated heterocycles. The van der Waals surface area contributed by atoms with Gasteiger partial charge in [0.25, 0.3) is 0 Å². The van der Waals surface area contributed by atoms with Crippen molar-refractivity contribution >= 4 is 29.7 Å². The third kappa shape index (κ3) is 12.6. The summed E-state index contributed by atoms with van der Waals surface area (Å²) in [5.74, 6) is 0. The Morgan fingerprint density at radius 2 is 2.20 bits per heavy atom.